The first-order valence-corrected chi connectivity index (χ1v) is 21.9. The standard InChI is InChI=1S/C56H34N2S2/c1-3-17-36(18-4-1)52-42(39-25-13-21-35-16-7-8-22-38(35)39)32-33-47(53(52)37-19-5-2-6-20-37)56-57-48(45-28-14-26-43-40-23-9-11-30-50(40)59-54(43)45)34-49(58-56)46-29-15-27-44-41-24-10-12-31-51(41)60-55(44)46/h1-34H. The molecule has 0 saturated heterocycles. The van der Waals surface area contributed by atoms with E-state index >= 15 is 0 Å². The Morgan fingerprint density at radius 3 is 1.33 bits per heavy atom. The molecule has 0 aliphatic carbocycles. The van der Waals surface area contributed by atoms with E-state index in [1.54, 1.807) is 0 Å². The molecule has 0 unspecified atom stereocenters. The molecule has 0 amide bonds. The molecule has 280 valence electrons. The number of hydrogen-bond donors (Lipinski definition) is 0. The van der Waals surface area contributed by atoms with Crippen LogP contribution in [0, 0.1) is 0 Å². The van der Waals surface area contributed by atoms with E-state index in [9.17, 15) is 0 Å². The summed E-state index contributed by atoms with van der Waals surface area (Å²) >= 11 is 3.67. The van der Waals surface area contributed by atoms with Crippen LogP contribution in [0.25, 0.3) is 118 Å². The molecular formula is C56H34N2S2. The molecule has 0 radical (unpaired) electrons. The summed E-state index contributed by atoms with van der Waals surface area (Å²) in [7, 11) is 0. The van der Waals surface area contributed by atoms with Gasteiger partial charge in [0.15, 0.2) is 5.82 Å². The summed E-state index contributed by atoms with van der Waals surface area (Å²) < 4.78 is 5.00. The summed E-state index contributed by atoms with van der Waals surface area (Å²) in [6.45, 7) is 0. The van der Waals surface area contributed by atoms with Gasteiger partial charge in [0, 0.05) is 62.6 Å². The van der Waals surface area contributed by atoms with Crippen LogP contribution in [0.2, 0.25) is 0 Å². The van der Waals surface area contributed by atoms with Crippen molar-refractivity contribution in [2.24, 2.45) is 0 Å². The highest BCUT2D eigenvalue weighted by Gasteiger charge is 2.24. The Labute approximate surface area is 355 Å². The van der Waals surface area contributed by atoms with E-state index in [4.69, 9.17) is 9.97 Å². The van der Waals surface area contributed by atoms with E-state index in [0.29, 0.717) is 5.82 Å². The lowest BCUT2D eigenvalue weighted by Gasteiger charge is -2.21. The minimum absolute atomic E-state index is 0.694. The predicted octanol–water partition coefficient (Wildman–Crippen LogP) is 16.4. The summed E-state index contributed by atoms with van der Waals surface area (Å²) in [5.74, 6) is 0.694. The second-order valence-corrected chi connectivity index (χ2v) is 17.3. The maximum absolute atomic E-state index is 5.61. The molecule has 12 rings (SSSR count). The lowest BCUT2D eigenvalue weighted by atomic mass is 9.83. The van der Waals surface area contributed by atoms with Gasteiger partial charge in [0.1, 0.15) is 0 Å². The van der Waals surface area contributed by atoms with Gasteiger partial charge in [-0.25, -0.2) is 9.97 Å². The molecule has 0 bridgehead atoms. The summed E-state index contributed by atoms with van der Waals surface area (Å²) in [6, 6.07) is 74.4. The van der Waals surface area contributed by atoms with Crippen molar-refractivity contribution in [1.82, 2.24) is 9.97 Å². The highest BCUT2D eigenvalue weighted by Crippen LogP contribution is 2.48. The fraction of sp³-hybridized carbons (Fsp3) is 0. The van der Waals surface area contributed by atoms with Crippen LogP contribution in [0.5, 0.6) is 0 Å². The third-order valence-electron chi connectivity index (χ3n) is 11.7. The number of hydrogen-bond acceptors (Lipinski definition) is 4. The summed E-state index contributed by atoms with van der Waals surface area (Å²) in [5.41, 5.74) is 11.9. The van der Waals surface area contributed by atoms with Crippen LogP contribution in [0.4, 0.5) is 0 Å². The average molecular weight is 799 g/mol. The second kappa shape index (κ2) is 14.2. The number of thiophene rings is 2. The Hall–Kier alpha value is -7.24. The van der Waals surface area contributed by atoms with Crippen molar-refractivity contribution in [3.63, 3.8) is 0 Å². The van der Waals surface area contributed by atoms with Crippen molar-refractivity contribution < 1.29 is 0 Å². The Kier molecular flexibility index (Phi) is 8.25. The second-order valence-electron chi connectivity index (χ2n) is 15.2. The van der Waals surface area contributed by atoms with E-state index in [1.165, 1.54) is 62.2 Å². The zero-order chi connectivity index (χ0) is 39.6. The van der Waals surface area contributed by atoms with E-state index in [0.717, 1.165) is 50.3 Å². The molecular weight excluding hydrogens is 765 g/mol. The topological polar surface area (TPSA) is 25.8 Å². The summed E-state index contributed by atoms with van der Waals surface area (Å²) in [5, 5.41) is 7.47. The third-order valence-corrected chi connectivity index (χ3v) is 14.2. The maximum atomic E-state index is 5.61. The minimum atomic E-state index is 0.694. The minimum Gasteiger partial charge on any atom is -0.228 e. The normalized spacial score (nSPS) is 11.7. The molecule has 9 aromatic carbocycles. The molecule has 0 spiro atoms. The van der Waals surface area contributed by atoms with Crippen LogP contribution in [0.1, 0.15) is 0 Å². The molecule has 0 aliphatic heterocycles. The van der Waals surface area contributed by atoms with Crippen molar-refractivity contribution >= 4 is 73.8 Å². The van der Waals surface area contributed by atoms with Crippen LogP contribution in [-0.4, -0.2) is 9.97 Å². The number of nitrogens with zero attached hydrogens (tertiary/aromatic N) is 2. The highest BCUT2D eigenvalue weighted by molar-refractivity contribution is 7.26. The molecule has 2 nitrogen and oxygen atoms in total. The van der Waals surface area contributed by atoms with Crippen molar-refractivity contribution in [2.75, 3.05) is 0 Å². The Morgan fingerprint density at radius 1 is 0.300 bits per heavy atom. The van der Waals surface area contributed by atoms with Gasteiger partial charge in [-0.1, -0.05) is 182 Å². The summed E-state index contributed by atoms with van der Waals surface area (Å²) in [4.78, 5) is 11.2. The van der Waals surface area contributed by atoms with Gasteiger partial charge in [0.25, 0.3) is 0 Å². The van der Waals surface area contributed by atoms with Gasteiger partial charge in [0.05, 0.1) is 11.4 Å². The molecule has 3 heterocycles. The first kappa shape index (κ1) is 34.8. The predicted molar refractivity (Wildman–Crippen MR) is 258 cm³/mol. The smallest absolute Gasteiger partial charge is 0.161 e. The number of fused-ring (bicyclic) bond motifs is 7. The first-order valence-electron chi connectivity index (χ1n) is 20.2. The molecule has 60 heavy (non-hydrogen) atoms. The number of rotatable bonds is 6. The Morgan fingerprint density at radius 2 is 0.733 bits per heavy atom. The van der Waals surface area contributed by atoms with E-state index in [-0.39, 0.29) is 0 Å². The van der Waals surface area contributed by atoms with Gasteiger partial charge >= 0.3 is 0 Å². The lowest BCUT2D eigenvalue weighted by molar-refractivity contribution is 1.19. The van der Waals surface area contributed by atoms with Crippen LogP contribution >= 0.6 is 22.7 Å². The van der Waals surface area contributed by atoms with Crippen LogP contribution in [0.15, 0.2) is 206 Å². The average Bonchev–Trinajstić information content (AvgIpc) is 3.90. The van der Waals surface area contributed by atoms with Crippen molar-refractivity contribution in [3.05, 3.63) is 206 Å². The Balaban J connectivity index is 1.19. The quantitative estimate of drug-likeness (QED) is 0.167. The van der Waals surface area contributed by atoms with Crippen LogP contribution in [-0.2, 0) is 0 Å². The summed E-state index contributed by atoms with van der Waals surface area (Å²) in [6.07, 6.45) is 0. The van der Waals surface area contributed by atoms with Gasteiger partial charge in [-0.3, -0.25) is 0 Å². The molecule has 3 aromatic heterocycles. The van der Waals surface area contributed by atoms with E-state index in [2.05, 4.69) is 206 Å². The fourth-order valence-electron chi connectivity index (χ4n) is 9.02. The van der Waals surface area contributed by atoms with Crippen molar-refractivity contribution in [3.8, 4) is 67.3 Å². The highest BCUT2D eigenvalue weighted by atomic mass is 32.1. The van der Waals surface area contributed by atoms with Crippen LogP contribution < -0.4 is 0 Å². The number of benzene rings is 9. The van der Waals surface area contributed by atoms with E-state index < -0.39 is 0 Å². The van der Waals surface area contributed by atoms with E-state index in [1.807, 2.05) is 22.7 Å². The molecule has 0 saturated carbocycles. The molecule has 4 heteroatoms. The van der Waals surface area contributed by atoms with Gasteiger partial charge in [-0.05, 0) is 62.9 Å². The number of aromatic nitrogens is 2. The van der Waals surface area contributed by atoms with Gasteiger partial charge < -0.3 is 0 Å². The van der Waals surface area contributed by atoms with Crippen LogP contribution in [0.3, 0.4) is 0 Å². The van der Waals surface area contributed by atoms with Gasteiger partial charge in [-0.2, -0.15) is 0 Å². The SMILES string of the molecule is c1ccc(-c2c(-c3nc(-c4cccc5c4sc4ccccc45)cc(-c4cccc5c4sc4ccccc45)n3)ccc(-c3cccc4ccccc34)c2-c2ccccc2)cc1. The fourth-order valence-corrected chi connectivity index (χ4v) is 11.5. The Bertz CT molecular complexity index is 3460. The van der Waals surface area contributed by atoms with Crippen molar-refractivity contribution in [2.45, 2.75) is 0 Å². The monoisotopic (exact) mass is 798 g/mol. The molecule has 0 N–H and O–H groups in total. The molecule has 0 aliphatic rings. The zero-order valence-electron chi connectivity index (χ0n) is 32.3. The lowest BCUT2D eigenvalue weighted by Crippen LogP contribution is -2.00. The molecule has 12 aromatic rings. The largest absolute Gasteiger partial charge is 0.228 e. The first-order chi connectivity index (χ1) is 29.8. The third kappa shape index (κ3) is 5.68. The molecule has 0 fully saturated rings. The zero-order valence-corrected chi connectivity index (χ0v) is 34.0. The maximum Gasteiger partial charge on any atom is 0.161 e. The van der Waals surface area contributed by atoms with Gasteiger partial charge in [-0.15, -0.1) is 22.7 Å². The van der Waals surface area contributed by atoms with Gasteiger partial charge in [0.2, 0.25) is 0 Å². The molecule has 0 atom stereocenters. The van der Waals surface area contributed by atoms with Crippen molar-refractivity contribution in [1.29, 1.82) is 0 Å².